The molecule has 2 aromatic carbocycles. The van der Waals surface area contributed by atoms with Gasteiger partial charge in [0.25, 0.3) is 0 Å². The van der Waals surface area contributed by atoms with Crippen LogP contribution in [-0.2, 0) is 13.6 Å². The third kappa shape index (κ3) is 4.58. The highest BCUT2D eigenvalue weighted by Crippen LogP contribution is 2.29. The Morgan fingerprint density at radius 1 is 1.03 bits per heavy atom. The van der Waals surface area contributed by atoms with E-state index in [0.717, 1.165) is 21.3 Å². The minimum absolute atomic E-state index is 0.0790. The second kappa shape index (κ2) is 9.21. The standard InChI is InChI=1S/C24H17ClF3N7O2/c1-12-3-15(9-29-8-12)35-23(36)31-22(30-20-6-14-11-33(2)32-19(14)7-16(20)25)34(24(35)37)10-13-4-17(26)21(28)18(27)5-13/h3-9,11H,10H2,1-2H3,(H,30,31,36). The van der Waals surface area contributed by atoms with Gasteiger partial charge in [-0.05, 0) is 48.4 Å². The summed E-state index contributed by atoms with van der Waals surface area (Å²) in [6.07, 6.45) is 4.58. The fourth-order valence-corrected chi connectivity index (χ4v) is 4.09. The summed E-state index contributed by atoms with van der Waals surface area (Å²) in [4.78, 5) is 34.6. The van der Waals surface area contributed by atoms with E-state index >= 15 is 0 Å². The van der Waals surface area contributed by atoms with Crippen LogP contribution in [0.25, 0.3) is 16.6 Å². The smallest absolute Gasteiger partial charge is 0.324 e. The van der Waals surface area contributed by atoms with Crippen LogP contribution in [0.15, 0.2) is 58.5 Å². The molecule has 0 amide bonds. The van der Waals surface area contributed by atoms with Gasteiger partial charge in [-0.15, -0.1) is 0 Å². The fraction of sp³-hybridized carbons (Fsp3) is 0.125. The minimum Gasteiger partial charge on any atom is -0.324 e. The van der Waals surface area contributed by atoms with E-state index in [4.69, 9.17) is 11.6 Å². The summed E-state index contributed by atoms with van der Waals surface area (Å²) in [5.41, 5.74) is -0.142. The van der Waals surface area contributed by atoms with Crippen molar-refractivity contribution in [3.63, 3.8) is 0 Å². The number of nitrogens with one attached hydrogen (secondary N) is 1. The Morgan fingerprint density at radius 2 is 1.76 bits per heavy atom. The normalized spacial score (nSPS) is 11.3. The van der Waals surface area contributed by atoms with Crippen LogP contribution in [0.3, 0.4) is 0 Å². The van der Waals surface area contributed by atoms with Gasteiger partial charge < -0.3 is 5.32 Å². The highest BCUT2D eigenvalue weighted by atomic mass is 35.5. The summed E-state index contributed by atoms with van der Waals surface area (Å²) in [6, 6.07) is 6.31. The van der Waals surface area contributed by atoms with E-state index in [1.807, 2.05) is 0 Å². The van der Waals surface area contributed by atoms with Crippen molar-refractivity contribution in [2.75, 3.05) is 5.32 Å². The van der Waals surface area contributed by atoms with Crippen molar-refractivity contribution in [2.24, 2.45) is 7.05 Å². The van der Waals surface area contributed by atoms with Crippen molar-refractivity contribution in [2.45, 2.75) is 13.5 Å². The maximum atomic E-state index is 13.9. The number of halogens is 4. The Morgan fingerprint density at radius 3 is 2.46 bits per heavy atom. The van der Waals surface area contributed by atoms with Gasteiger partial charge in [0, 0.05) is 24.8 Å². The lowest BCUT2D eigenvalue weighted by atomic mass is 10.2. The molecule has 3 heterocycles. The average molecular weight is 528 g/mol. The van der Waals surface area contributed by atoms with Crippen LogP contribution in [0.5, 0.6) is 0 Å². The van der Waals surface area contributed by atoms with Crippen molar-refractivity contribution < 1.29 is 13.2 Å². The van der Waals surface area contributed by atoms with Gasteiger partial charge in [-0.2, -0.15) is 10.1 Å². The summed E-state index contributed by atoms with van der Waals surface area (Å²) >= 11 is 6.40. The molecule has 0 fully saturated rings. The largest absolute Gasteiger partial charge is 0.359 e. The molecule has 0 aliphatic rings. The zero-order valence-electron chi connectivity index (χ0n) is 19.3. The predicted molar refractivity (Wildman–Crippen MR) is 131 cm³/mol. The number of hydrogen-bond donors (Lipinski definition) is 1. The number of fused-ring (bicyclic) bond motifs is 1. The lowest BCUT2D eigenvalue weighted by molar-refractivity contribution is 0.444. The van der Waals surface area contributed by atoms with E-state index in [1.165, 1.54) is 12.4 Å². The molecule has 5 aromatic rings. The van der Waals surface area contributed by atoms with Gasteiger partial charge in [0.2, 0.25) is 5.95 Å². The molecule has 0 spiro atoms. The Hall–Kier alpha value is -4.45. The van der Waals surface area contributed by atoms with Crippen LogP contribution in [0.4, 0.5) is 24.8 Å². The third-order valence-electron chi connectivity index (χ3n) is 5.53. The van der Waals surface area contributed by atoms with Crippen molar-refractivity contribution >= 4 is 34.1 Å². The summed E-state index contributed by atoms with van der Waals surface area (Å²) in [7, 11) is 1.74. The van der Waals surface area contributed by atoms with E-state index in [9.17, 15) is 22.8 Å². The molecule has 0 radical (unpaired) electrons. The molecule has 0 bridgehead atoms. The maximum absolute atomic E-state index is 13.9. The summed E-state index contributed by atoms with van der Waals surface area (Å²) in [6.45, 7) is 1.28. The van der Waals surface area contributed by atoms with E-state index < -0.39 is 35.4 Å². The quantitative estimate of drug-likeness (QED) is 0.349. The number of anilines is 2. The SMILES string of the molecule is Cc1cncc(-n2c(=O)nc(Nc3cc4cn(C)nc4cc3Cl)n(Cc3cc(F)c(F)c(F)c3)c2=O)c1. The molecule has 13 heteroatoms. The Kier molecular flexibility index (Phi) is 6.04. The van der Waals surface area contributed by atoms with Crippen LogP contribution in [-0.4, -0.2) is 28.9 Å². The van der Waals surface area contributed by atoms with Crippen LogP contribution < -0.4 is 16.7 Å². The topological polar surface area (TPSA) is 99.6 Å². The molecule has 5 rings (SSSR count). The molecule has 1 N–H and O–H groups in total. The van der Waals surface area contributed by atoms with Gasteiger partial charge in [-0.1, -0.05) is 11.6 Å². The van der Waals surface area contributed by atoms with E-state index in [0.29, 0.717) is 22.2 Å². The molecule has 37 heavy (non-hydrogen) atoms. The van der Waals surface area contributed by atoms with Crippen LogP contribution >= 0.6 is 11.6 Å². The number of rotatable bonds is 5. The number of hydrogen-bond acceptors (Lipinski definition) is 6. The first kappa shape index (κ1) is 24.3. The van der Waals surface area contributed by atoms with Crippen molar-refractivity contribution in [1.29, 1.82) is 0 Å². The summed E-state index contributed by atoms with van der Waals surface area (Å²) in [5, 5.41) is 8.07. The van der Waals surface area contributed by atoms with Crippen molar-refractivity contribution in [3.8, 4) is 5.69 Å². The van der Waals surface area contributed by atoms with Gasteiger partial charge in [0.05, 0.1) is 34.7 Å². The highest BCUT2D eigenvalue weighted by molar-refractivity contribution is 6.34. The van der Waals surface area contributed by atoms with Crippen molar-refractivity contribution in [3.05, 3.63) is 103 Å². The van der Waals surface area contributed by atoms with E-state index in [2.05, 4.69) is 20.4 Å². The molecule has 0 saturated heterocycles. The molecule has 0 aliphatic heterocycles. The number of aryl methyl sites for hydroxylation is 2. The lowest BCUT2D eigenvalue weighted by Gasteiger charge is -2.16. The first-order valence-electron chi connectivity index (χ1n) is 10.8. The predicted octanol–water partition coefficient (Wildman–Crippen LogP) is 3.85. The zero-order chi connectivity index (χ0) is 26.4. The van der Waals surface area contributed by atoms with Crippen LogP contribution in [0.1, 0.15) is 11.1 Å². The first-order chi connectivity index (χ1) is 17.6. The molecule has 9 nitrogen and oxygen atoms in total. The molecular weight excluding hydrogens is 511 g/mol. The third-order valence-corrected chi connectivity index (χ3v) is 5.84. The second-order valence-electron chi connectivity index (χ2n) is 8.33. The lowest BCUT2D eigenvalue weighted by Crippen LogP contribution is -2.41. The second-order valence-corrected chi connectivity index (χ2v) is 8.74. The van der Waals surface area contributed by atoms with Gasteiger partial charge in [-0.3, -0.25) is 14.2 Å². The fourth-order valence-electron chi connectivity index (χ4n) is 3.88. The molecule has 188 valence electrons. The zero-order valence-corrected chi connectivity index (χ0v) is 20.1. The monoisotopic (exact) mass is 527 g/mol. The molecule has 0 unspecified atom stereocenters. The number of pyridine rings is 1. The number of nitrogens with zero attached hydrogens (tertiary/aromatic N) is 6. The van der Waals surface area contributed by atoms with Gasteiger partial charge in [-0.25, -0.2) is 27.3 Å². The Bertz CT molecular complexity index is 1790. The van der Waals surface area contributed by atoms with Gasteiger partial charge in [0.15, 0.2) is 17.5 Å². The number of aromatic nitrogens is 6. The highest BCUT2D eigenvalue weighted by Gasteiger charge is 2.19. The molecular formula is C24H17ClF3N7O2. The first-order valence-corrected chi connectivity index (χ1v) is 11.2. The van der Waals surface area contributed by atoms with Crippen molar-refractivity contribution in [1.82, 2.24) is 28.9 Å². The van der Waals surface area contributed by atoms with E-state index in [-0.39, 0.29) is 22.2 Å². The molecule has 3 aromatic heterocycles. The molecule has 0 aliphatic carbocycles. The number of benzene rings is 2. The van der Waals surface area contributed by atoms with Gasteiger partial charge >= 0.3 is 11.4 Å². The minimum atomic E-state index is -1.64. The summed E-state index contributed by atoms with van der Waals surface area (Å²) < 4.78 is 44.7. The Labute approximate surface area is 211 Å². The van der Waals surface area contributed by atoms with Crippen LogP contribution in [0.2, 0.25) is 5.02 Å². The summed E-state index contributed by atoms with van der Waals surface area (Å²) in [5.74, 6) is -4.74. The average Bonchev–Trinajstić information content (AvgIpc) is 3.18. The Balaban J connectivity index is 1.69. The van der Waals surface area contributed by atoms with E-state index in [1.54, 1.807) is 43.0 Å². The molecule has 0 saturated carbocycles. The van der Waals surface area contributed by atoms with Crippen LogP contribution in [0, 0.1) is 24.4 Å². The molecule has 0 atom stereocenters. The maximum Gasteiger partial charge on any atom is 0.359 e. The van der Waals surface area contributed by atoms with Gasteiger partial charge in [0.1, 0.15) is 0 Å².